The number of nitrogens with zero attached hydrogens (tertiary/aromatic N) is 4. The van der Waals surface area contributed by atoms with Crippen LogP contribution in [0.2, 0.25) is 0 Å². The molecule has 0 amide bonds. The molecule has 2 saturated carbocycles. The number of thioether (sulfide) groups is 1. The molecule has 0 unspecified atom stereocenters. The standard InChI is InChI=1S/C21H25FN4OS/c1-14(17-12-15-7-8-16(17)11-15)26-20(24-25-21(26)28-10-4-9-23)13-27-19-6-3-2-5-18(19)22/h2-3,5-6,14-17H,4,7-8,10-13H2,1H3/t14-,15-,16-,17+/m1/s1. The topological polar surface area (TPSA) is 63.7 Å². The first-order valence-corrected chi connectivity index (χ1v) is 11.0. The van der Waals surface area contributed by atoms with Gasteiger partial charge in [0.15, 0.2) is 22.5 Å². The largest absolute Gasteiger partial charge is 0.483 e. The molecule has 1 aromatic carbocycles. The maximum Gasteiger partial charge on any atom is 0.191 e. The molecule has 7 heteroatoms. The van der Waals surface area contributed by atoms with Gasteiger partial charge in [-0.2, -0.15) is 5.26 Å². The van der Waals surface area contributed by atoms with Gasteiger partial charge in [0.05, 0.1) is 6.07 Å². The monoisotopic (exact) mass is 400 g/mol. The summed E-state index contributed by atoms with van der Waals surface area (Å²) in [6, 6.07) is 8.86. The van der Waals surface area contributed by atoms with E-state index in [2.05, 4.69) is 27.8 Å². The Balaban J connectivity index is 1.55. The average Bonchev–Trinajstić information content (AvgIpc) is 3.43. The highest BCUT2D eigenvalue weighted by Gasteiger charge is 2.43. The minimum Gasteiger partial charge on any atom is -0.483 e. The predicted molar refractivity (Wildman–Crippen MR) is 105 cm³/mol. The Labute approximate surface area is 169 Å². The number of para-hydroxylation sites is 1. The van der Waals surface area contributed by atoms with Crippen molar-refractivity contribution in [3.05, 3.63) is 35.9 Å². The molecule has 28 heavy (non-hydrogen) atoms. The van der Waals surface area contributed by atoms with Crippen LogP contribution >= 0.6 is 11.8 Å². The van der Waals surface area contributed by atoms with Gasteiger partial charge in [0, 0.05) is 18.2 Å². The van der Waals surface area contributed by atoms with Gasteiger partial charge in [-0.3, -0.25) is 4.57 Å². The lowest BCUT2D eigenvalue weighted by atomic mass is 9.84. The Kier molecular flexibility index (Phi) is 5.86. The number of fused-ring (bicyclic) bond motifs is 2. The van der Waals surface area contributed by atoms with E-state index in [1.807, 2.05) is 0 Å². The number of rotatable bonds is 8. The lowest BCUT2D eigenvalue weighted by Gasteiger charge is -2.30. The minimum atomic E-state index is -0.377. The first-order valence-electron chi connectivity index (χ1n) is 9.98. The molecule has 0 aliphatic heterocycles. The quantitative estimate of drug-likeness (QED) is 0.461. The summed E-state index contributed by atoms with van der Waals surface area (Å²) in [7, 11) is 0. The third kappa shape index (κ3) is 3.88. The summed E-state index contributed by atoms with van der Waals surface area (Å²) in [5.74, 6) is 3.52. The van der Waals surface area contributed by atoms with Crippen LogP contribution in [0.4, 0.5) is 4.39 Å². The maximum absolute atomic E-state index is 13.9. The third-order valence-electron chi connectivity index (χ3n) is 6.19. The van der Waals surface area contributed by atoms with Gasteiger partial charge >= 0.3 is 0 Å². The number of ether oxygens (including phenoxy) is 1. The van der Waals surface area contributed by atoms with E-state index in [0.29, 0.717) is 18.1 Å². The Morgan fingerprint density at radius 2 is 2.18 bits per heavy atom. The summed E-state index contributed by atoms with van der Waals surface area (Å²) in [4.78, 5) is 0. The van der Waals surface area contributed by atoms with E-state index in [9.17, 15) is 4.39 Å². The van der Waals surface area contributed by atoms with Crippen molar-refractivity contribution >= 4 is 11.8 Å². The van der Waals surface area contributed by atoms with Crippen molar-refractivity contribution in [3.63, 3.8) is 0 Å². The second kappa shape index (κ2) is 8.52. The summed E-state index contributed by atoms with van der Waals surface area (Å²) >= 11 is 1.56. The van der Waals surface area contributed by atoms with Crippen LogP contribution in [-0.2, 0) is 6.61 Å². The van der Waals surface area contributed by atoms with Gasteiger partial charge in [-0.1, -0.05) is 30.3 Å². The van der Waals surface area contributed by atoms with Gasteiger partial charge in [-0.05, 0) is 56.1 Å². The zero-order valence-corrected chi connectivity index (χ0v) is 16.9. The lowest BCUT2D eigenvalue weighted by molar-refractivity contribution is 0.215. The van der Waals surface area contributed by atoms with Crippen LogP contribution < -0.4 is 4.74 Å². The van der Waals surface area contributed by atoms with E-state index >= 15 is 0 Å². The molecule has 5 nitrogen and oxygen atoms in total. The van der Waals surface area contributed by atoms with Crippen LogP contribution in [0.5, 0.6) is 5.75 Å². The fourth-order valence-electron chi connectivity index (χ4n) is 4.88. The molecule has 2 aliphatic carbocycles. The first-order chi connectivity index (χ1) is 13.7. The summed E-state index contributed by atoms with van der Waals surface area (Å²) in [6.07, 6.45) is 5.76. The fraction of sp³-hybridized carbons (Fsp3) is 0.571. The van der Waals surface area contributed by atoms with Crippen molar-refractivity contribution in [2.24, 2.45) is 17.8 Å². The van der Waals surface area contributed by atoms with Crippen molar-refractivity contribution < 1.29 is 9.13 Å². The van der Waals surface area contributed by atoms with Gasteiger partial charge in [0.1, 0.15) is 6.61 Å². The highest BCUT2D eigenvalue weighted by molar-refractivity contribution is 7.99. The number of halogens is 1. The van der Waals surface area contributed by atoms with Crippen molar-refractivity contribution in [3.8, 4) is 11.8 Å². The average molecular weight is 401 g/mol. The zero-order chi connectivity index (χ0) is 19.5. The second-order valence-corrected chi connectivity index (χ2v) is 8.89. The smallest absolute Gasteiger partial charge is 0.191 e. The molecule has 1 aromatic heterocycles. The molecule has 0 saturated heterocycles. The predicted octanol–water partition coefficient (Wildman–Crippen LogP) is 5.00. The first kappa shape index (κ1) is 19.3. The number of aromatic nitrogens is 3. The molecular formula is C21H25FN4OS. The van der Waals surface area contributed by atoms with Crippen molar-refractivity contribution in [2.45, 2.75) is 56.8 Å². The molecule has 0 radical (unpaired) electrons. The molecular weight excluding hydrogens is 375 g/mol. The summed E-state index contributed by atoms with van der Waals surface area (Å²) in [6.45, 7) is 2.42. The Morgan fingerprint density at radius 1 is 1.32 bits per heavy atom. The summed E-state index contributed by atoms with van der Waals surface area (Å²) in [5.41, 5.74) is 0. The van der Waals surface area contributed by atoms with Crippen LogP contribution in [0.25, 0.3) is 0 Å². The molecule has 2 aliphatic rings. The highest BCUT2D eigenvalue weighted by Crippen LogP contribution is 2.52. The van der Waals surface area contributed by atoms with Crippen LogP contribution in [0.3, 0.4) is 0 Å². The maximum atomic E-state index is 13.9. The SMILES string of the molecule is C[C@H]([C@@H]1C[C@@H]2CC[C@@H]1C2)n1c(COc2ccccc2F)nnc1SCCC#N. The van der Waals surface area contributed by atoms with Gasteiger partial charge in [0.2, 0.25) is 0 Å². The Bertz CT molecular complexity index is 864. The zero-order valence-electron chi connectivity index (χ0n) is 16.1. The third-order valence-corrected chi connectivity index (χ3v) is 7.14. The molecule has 2 fully saturated rings. The number of hydrogen-bond acceptors (Lipinski definition) is 5. The molecule has 4 rings (SSSR count). The summed E-state index contributed by atoms with van der Waals surface area (Å²) < 4.78 is 21.8. The van der Waals surface area contributed by atoms with Gasteiger partial charge in [-0.15, -0.1) is 10.2 Å². The van der Waals surface area contributed by atoms with E-state index in [4.69, 9.17) is 10.00 Å². The molecule has 0 N–H and O–H groups in total. The van der Waals surface area contributed by atoms with Crippen molar-refractivity contribution in [2.75, 3.05) is 5.75 Å². The lowest BCUT2D eigenvalue weighted by Crippen LogP contribution is -2.24. The number of hydrogen-bond donors (Lipinski definition) is 0. The van der Waals surface area contributed by atoms with Crippen LogP contribution in [0, 0.1) is 34.9 Å². The number of benzene rings is 1. The van der Waals surface area contributed by atoms with Gasteiger partial charge < -0.3 is 4.74 Å². The molecule has 2 aromatic rings. The van der Waals surface area contributed by atoms with E-state index in [0.717, 1.165) is 22.8 Å². The fourth-order valence-corrected chi connectivity index (χ4v) is 5.77. The highest BCUT2D eigenvalue weighted by atomic mass is 32.2. The van der Waals surface area contributed by atoms with Gasteiger partial charge in [0.25, 0.3) is 0 Å². The van der Waals surface area contributed by atoms with E-state index in [-0.39, 0.29) is 24.2 Å². The molecule has 2 bridgehead atoms. The van der Waals surface area contributed by atoms with Crippen LogP contribution in [0.1, 0.15) is 50.9 Å². The van der Waals surface area contributed by atoms with Crippen LogP contribution in [-0.4, -0.2) is 20.5 Å². The molecule has 4 atom stereocenters. The van der Waals surface area contributed by atoms with Crippen LogP contribution in [0.15, 0.2) is 29.4 Å². The normalized spacial score (nSPS) is 24.2. The Hall–Kier alpha value is -2.07. The van der Waals surface area contributed by atoms with Gasteiger partial charge in [-0.25, -0.2) is 4.39 Å². The molecule has 148 valence electrons. The molecule has 1 heterocycles. The van der Waals surface area contributed by atoms with E-state index < -0.39 is 0 Å². The van der Waals surface area contributed by atoms with Crippen molar-refractivity contribution in [1.29, 1.82) is 5.26 Å². The van der Waals surface area contributed by atoms with E-state index in [1.54, 1.807) is 30.0 Å². The summed E-state index contributed by atoms with van der Waals surface area (Å²) in [5, 5.41) is 18.4. The number of nitriles is 1. The van der Waals surface area contributed by atoms with E-state index in [1.165, 1.54) is 31.7 Å². The van der Waals surface area contributed by atoms with Crippen molar-refractivity contribution in [1.82, 2.24) is 14.8 Å². The Morgan fingerprint density at radius 3 is 2.89 bits per heavy atom. The molecule has 0 spiro atoms. The second-order valence-electron chi connectivity index (χ2n) is 7.82. The minimum absolute atomic E-state index is 0.178.